The summed E-state index contributed by atoms with van der Waals surface area (Å²) >= 11 is 0. The lowest BCUT2D eigenvalue weighted by Gasteiger charge is -2.46. The molecular weight excluding hydrogens is 537 g/mol. The summed E-state index contributed by atoms with van der Waals surface area (Å²) in [5.74, 6) is 1.14. The van der Waals surface area contributed by atoms with Crippen LogP contribution in [0.15, 0.2) is 23.3 Å². The number of nitrogens with one attached hydrogen (secondary N) is 2. The summed E-state index contributed by atoms with van der Waals surface area (Å²) < 4.78 is 50.8. The second-order valence-electron chi connectivity index (χ2n) is 12.5. The van der Waals surface area contributed by atoms with Gasteiger partial charge in [0.05, 0.1) is 31.0 Å². The molecule has 0 aromatic carbocycles. The number of methoxy groups -OCH3 is 1. The Morgan fingerprint density at radius 1 is 1.07 bits per heavy atom. The van der Waals surface area contributed by atoms with Gasteiger partial charge < -0.3 is 9.64 Å². The SMILES string of the molecule is COC(=O)N1CCC[C@H](c2cc(C(F)(F)F)c3cn(C4CCCC([C@@H](C5CCC5)C5NNCN5C)C4)c(=O)n3c2)C1. The van der Waals surface area contributed by atoms with Gasteiger partial charge in [0, 0.05) is 37.4 Å². The zero-order valence-corrected chi connectivity index (χ0v) is 23.8. The number of hydrogen-bond acceptors (Lipinski definition) is 6. The number of nitrogens with zero attached hydrogens (tertiary/aromatic N) is 4. The number of likely N-dealkylation sites (tertiary alicyclic amines) is 1. The third-order valence-electron chi connectivity index (χ3n) is 10.2. The van der Waals surface area contributed by atoms with Crippen LogP contribution in [-0.2, 0) is 10.9 Å². The molecule has 4 fully saturated rings. The number of pyridine rings is 1. The number of imidazole rings is 1. The highest BCUT2D eigenvalue weighted by Gasteiger charge is 2.44. The Hall–Kier alpha value is -2.57. The molecular formula is C29H41F3N6O3. The summed E-state index contributed by atoms with van der Waals surface area (Å²) in [4.78, 5) is 29.7. The number of halogens is 3. The first-order valence-electron chi connectivity index (χ1n) is 15.0. The van der Waals surface area contributed by atoms with Gasteiger partial charge in [0.25, 0.3) is 0 Å². The average Bonchev–Trinajstić information content (AvgIpc) is 3.51. The number of hydrazine groups is 1. The maximum Gasteiger partial charge on any atom is 0.418 e. The molecule has 41 heavy (non-hydrogen) atoms. The molecule has 2 aliphatic carbocycles. The fourth-order valence-electron chi connectivity index (χ4n) is 7.89. The van der Waals surface area contributed by atoms with Gasteiger partial charge in [0.15, 0.2) is 0 Å². The van der Waals surface area contributed by atoms with E-state index in [1.165, 1.54) is 47.9 Å². The van der Waals surface area contributed by atoms with Crippen LogP contribution in [0.5, 0.6) is 0 Å². The smallest absolute Gasteiger partial charge is 0.418 e. The van der Waals surface area contributed by atoms with Gasteiger partial charge in [-0.3, -0.25) is 13.9 Å². The molecule has 0 radical (unpaired) electrons. The minimum absolute atomic E-state index is 0.106. The Balaban J connectivity index is 1.33. The third-order valence-corrected chi connectivity index (χ3v) is 10.2. The van der Waals surface area contributed by atoms with Crippen LogP contribution in [0, 0.1) is 17.8 Å². The van der Waals surface area contributed by atoms with Gasteiger partial charge in [-0.2, -0.15) is 13.2 Å². The molecule has 0 bridgehead atoms. The summed E-state index contributed by atoms with van der Waals surface area (Å²) in [6.45, 7) is 1.53. The van der Waals surface area contributed by atoms with Gasteiger partial charge in [-0.1, -0.05) is 25.7 Å². The maximum absolute atomic E-state index is 14.4. The minimum Gasteiger partial charge on any atom is -0.453 e. The van der Waals surface area contributed by atoms with Crippen molar-refractivity contribution < 1.29 is 22.7 Å². The van der Waals surface area contributed by atoms with Gasteiger partial charge in [-0.15, -0.1) is 0 Å². The van der Waals surface area contributed by atoms with E-state index in [1.54, 1.807) is 10.8 Å². The van der Waals surface area contributed by atoms with Crippen LogP contribution in [0.1, 0.15) is 80.9 Å². The summed E-state index contributed by atoms with van der Waals surface area (Å²) in [7, 11) is 3.41. The molecule has 4 heterocycles. The fraction of sp³-hybridized carbons (Fsp3) is 0.724. The number of amides is 1. The first-order chi connectivity index (χ1) is 19.7. The molecule has 2 saturated carbocycles. The normalized spacial score (nSPS) is 29.0. The van der Waals surface area contributed by atoms with Crippen LogP contribution in [-0.4, -0.2) is 64.9 Å². The molecule has 2 aromatic heterocycles. The van der Waals surface area contributed by atoms with E-state index in [1.807, 2.05) is 0 Å². The molecule has 2 aromatic rings. The van der Waals surface area contributed by atoms with Gasteiger partial charge >= 0.3 is 18.0 Å². The Kier molecular flexibility index (Phi) is 7.84. The van der Waals surface area contributed by atoms with Crippen molar-refractivity contribution in [3.8, 4) is 0 Å². The molecule has 9 nitrogen and oxygen atoms in total. The average molecular weight is 579 g/mol. The summed E-state index contributed by atoms with van der Waals surface area (Å²) in [5, 5.41) is 0. The number of alkyl halides is 3. The summed E-state index contributed by atoms with van der Waals surface area (Å²) in [6, 6.07) is 1.03. The van der Waals surface area contributed by atoms with Gasteiger partial charge in [0.1, 0.15) is 0 Å². The highest BCUT2D eigenvalue weighted by atomic mass is 19.4. The molecule has 5 atom stereocenters. The molecule has 6 rings (SSSR count). The fourth-order valence-corrected chi connectivity index (χ4v) is 7.89. The quantitative estimate of drug-likeness (QED) is 0.543. The predicted octanol–water partition coefficient (Wildman–Crippen LogP) is 4.54. The number of ether oxygens (including phenoxy) is 1. The first kappa shape index (κ1) is 28.5. The third kappa shape index (κ3) is 5.38. The van der Waals surface area contributed by atoms with Crippen molar-refractivity contribution in [1.82, 2.24) is 29.6 Å². The largest absolute Gasteiger partial charge is 0.453 e. The number of hydrogen-bond donors (Lipinski definition) is 2. The van der Waals surface area contributed by atoms with Crippen molar-refractivity contribution in [3.63, 3.8) is 0 Å². The van der Waals surface area contributed by atoms with Crippen molar-refractivity contribution in [2.45, 2.75) is 82.1 Å². The number of aromatic nitrogens is 2. The molecule has 1 amide bonds. The van der Waals surface area contributed by atoms with E-state index in [0.717, 1.165) is 32.4 Å². The first-order valence-corrected chi connectivity index (χ1v) is 15.0. The zero-order valence-electron chi connectivity index (χ0n) is 23.8. The van der Waals surface area contributed by atoms with Crippen LogP contribution in [0.3, 0.4) is 0 Å². The lowest BCUT2D eigenvalue weighted by Crippen LogP contribution is -2.50. The van der Waals surface area contributed by atoms with E-state index >= 15 is 0 Å². The Morgan fingerprint density at radius 2 is 1.83 bits per heavy atom. The van der Waals surface area contributed by atoms with E-state index in [4.69, 9.17) is 4.74 Å². The highest BCUT2D eigenvalue weighted by Crippen LogP contribution is 2.47. The van der Waals surface area contributed by atoms with Gasteiger partial charge in [0.2, 0.25) is 0 Å². The topological polar surface area (TPSA) is 83.2 Å². The molecule has 0 spiro atoms. The number of fused-ring (bicyclic) bond motifs is 1. The van der Waals surface area contributed by atoms with E-state index in [0.29, 0.717) is 42.7 Å². The molecule has 226 valence electrons. The van der Waals surface area contributed by atoms with E-state index in [9.17, 15) is 22.8 Å². The van der Waals surface area contributed by atoms with Crippen molar-refractivity contribution in [1.29, 1.82) is 0 Å². The number of carbonyl (C=O) groups is 1. The number of piperidine rings is 1. The van der Waals surface area contributed by atoms with Crippen LogP contribution in [0.2, 0.25) is 0 Å². The summed E-state index contributed by atoms with van der Waals surface area (Å²) in [5.41, 5.74) is 5.82. The Morgan fingerprint density at radius 3 is 2.49 bits per heavy atom. The lowest BCUT2D eigenvalue weighted by atomic mass is 9.65. The van der Waals surface area contributed by atoms with Crippen LogP contribution < -0.4 is 16.5 Å². The minimum atomic E-state index is -4.62. The van der Waals surface area contributed by atoms with Crippen molar-refractivity contribution in [2.24, 2.45) is 17.8 Å². The van der Waals surface area contributed by atoms with E-state index < -0.39 is 23.5 Å². The molecule has 4 aliphatic rings. The van der Waals surface area contributed by atoms with Crippen molar-refractivity contribution in [3.05, 3.63) is 40.1 Å². The molecule has 2 N–H and O–H groups in total. The highest BCUT2D eigenvalue weighted by molar-refractivity contribution is 5.67. The zero-order chi connectivity index (χ0) is 28.9. The molecule has 3 unspecified atom stereocenters. The lowest BCUT2D eigenvalue weighted by molar-refractivity contribution is -0.136. The van der Waals surface area contributed by atoms with Gasteiger partial charge in [-0.05, 0) is 68.5 Å². The van der Waals surface area contributed by atoms with Crippen LogP contribution >= 0.6 is 0 Å². The summed E-state index contributed by atoms with van der Waals surface area (Å²) in [6.07, 6.45) is 6.64. The monoisotopic (exact) mass is 578 g/mol. The number of rotatable bonds is 5. The van der Waals surface area contributed by atoms with Crippen molar-refractivity contribution in [2.75, 3.05) is 33.9 Å². The van der Waals surface area contributed by atoms with Crippen molar-refractivity contribution >= 4 is 11.6 Å². The van der Waals surface area contributed by atoms with Crippen LogP contribution in [0.4, 0.5) is 18.0 Å². The Labute approximate surface area is 238 Å². The standard InChI is InChI=1S/C29H41F3N6O3/c1-35-17-33-34-26(35)25(18-6-3-7-18)19-8-4-10-22(12-19)37-16-24-23(29(30,31)32)13-21(15-38(24)27(37)39)20-9-5-11-36(14-20)28(40)41-2/h13,15-16,18-20,22,25-26,33-34H,3-12,14,17H2,1-2H3/t19?,20-,22?,25+,26?/m0/s1. The molecule has 12 heteroatoms. The van der Waals surface area contributed by atoms with E-state index in [-0.39, 0.29) is 30.2 Å². The Bertz CT molecular complexity index is 1320. The molecule has 2 saturated heterocycles. The second-order valence-corrected chi connectivity index (χ2v) is 12.5. The van der Waals surface area contributed by atoms with Gasteiger partial charge in [-0.25, -0.2) is 20.4 Å². The number of carbonyl (C=O) groups excluding carboxylic acids is 1. The predicted molar refractivity (Wildman–Crippen MR) is 147 cm³/mol. The molecule has 2 aliphatic heterocycles. The second kappa shape index (κ2) is 11.3. The van der Waals surface area contributed by atoms with E-state index in [2.05, 4.69) is 22.8 Å². The maximum atomic E-state index is 14.4. The van der Waals surface area contributed by atoms with Crippen LogP contribution in [0.25, 0.3) is 5.52 Å².